The number of ether oxygens (including phenoxy) is 3. The Labute approximate surface area is 129 Å². The summed E-state index contributed by atoms with van der Waals surface area (Å²) in [4.78, 5) is 0. The van der Waals surface area contributed by atoms with Crippen molar-refractivity contribution in [2.75, 3.05) is 33.5 Å². The van der Waals surface area contributed by atoms with E-state index < -0.39 is 0 Å². The topological polar surface area (TPSA) is 53.7 Å². The number of halogens is 1. The van der Waals surface area contributed by atoms with E-state index in [1.807, 2.05) is 31.2 Å². The summed E-state index contributed by atoms with van der Waals surface area (Å²) < 4.78 is 17.2. The van der Waals surface area contributed by atoms with Crippen molar-refractivity contribution in [1.82, 2.24) is 0 Å². The molecule has 2 unspecified atom stereocenters. The average molecular weight is 346 g/mol. The zero-order valence-corrected chi connectivity index (χ0v) is 13.8. The van der Waals surface area contributed by atoms with E-state index in [9.17, 15) is 0 Å². The molecule has 0 spiro atoms. The predicted molar refractivity (Wildman–Crippen MR) is 83.8 cm³/mol. The van der Waals surface area contributed by atoms with Gasteiger partial charge in [0, 0.05) is 30.8 Å². The Balaban J connectivity index is 2.31. The van der Waals surface area contributed by atoms with Crippen LogP contribution in [0.4, 0.5) is 0 Å². The van der Waals surface area contributed by atoms with Crippen molar-refractivity contribution in [2.45, 2.75) is 25.5 Å². The van der Waals surface area contributed by atoms with Crippen LogP contribution >= 0.6 is 15.9 Å². The van der Waals surface area contributed by atoms with Gasteiger partial charge in [-0.2, -0.15) is 0 Å². The molecule has 1 aromatic rings. The molecule has 0 saturated carbocycles. The van der Waals surface area contributed by atoms with Crippen LogP contribution in [0.3, 0.4) is 0 Å². The molecule has 2 atom stereocenters. The lowest BCUT2D eigenvalue weighted by Crippen LogP contribution is -2.27. The van der Waals surface area contributed by atoms with E-state index >= 15 is 0 Å². The van der Waals surface area contributed by atoms with E-state index in [2.05, 4.69) is 15.9 Å². The fourth-order valence-corrected chi connectivity index (χ4v) is 2.08. The van der Waals surface area contributed by atoms with E-state index in [0.29, 0.717) is 26.4 Å². The minimum atomic E-state index is -0.0814. The Kier molecular flexibility index (Phi) is 9.05. The highest BCUT2D eigenvalue weighted by molar-refractivity contribution is 9.10. The van der Waals surface area contributed by atoms with E-state index in [1.165, 1.54) is 0 Å². The summed E-state index contributed by atoms with van der Waals surface area (Å²) in [7, 11) is 1.66. The van der Waals surface area contributed by atoms with E-state index in [1.54, 1.807) is 7.11 Å². The summed E-state index contributed by atoms with van der Waals surface area (Å²) in [6.45, 7) is 4.52. The van der Waals surface area contributed by atoms with E-state index in [-0.39, 0.29) is 12.1 Å². The first-order chi connectivity index (χ1) is 9.65. The Morgan fingerprint density at radius 3 is 2.40 bits per heavy atom. The number of benzene rings is 1. The van der Waals surface area contributed by atoms with Gasteiger partial charge in [0.25, 0.3) is 0 Å². The predicted octanol–water partition coefficient (Wildman–Crippen LogP) is 2.91. The third-order valence-electron chi connectivity index (χ3n) is 2.84. The van der Waals surface area contributed by atoms with E-state index in [0.717, 1.165) is 16.5 Å². The van der Waals surface area contributed by atoms with Gasteiger partial charge in [-0.1, -0.05) is 28.1 Å². The van der Waals surface area contributed by atoms with Crippen LogP contribution in [0.2, 0.25) is 0 Å². The maximum atomic E-state index is 6.00. The number of hydrogen-bond acceptors (Lipinski definition) is 4. The second-order valence-corrected chi connectivity index (χ2v) is 5.58. The van der Waals surface area contributed by atoms with Crippen LogP contribution in [-0.2, 0) is 14.2 Å². The van der Waals surface area contributed by atoms with Crippen LogP contribution in [0.1, 0.15) is 25.0 Å². The molecular weight excluding hydrogens is 322 g/mol. The first-order valence-corrected chi connectivity index (χ1v) is 7.63. The van der Waals surface area contributed by atoms with Crippen LogP contribution in [0.15, 0.2) is 28.7 Å². The average Bonchev–Trinajstić information content (AvgIpc) is 2.43. The summed E-state index contributed by atoms with van der Waals surface area (Å²) in [5.74, 6) is 0. The fourth-order valence-electron chi connectivity index (χ4n) is 1.82. The summed E-state index contributed by atoms with van der Waals surface area (Å²) in [6.07, 6.45) is 0.769. The number of methoxy groups -OCH3 is 1. The molecule has 20 heavy (non-hydrogen) atoms. The minimum Gasteiger partial charge on any atom is -0.382 e. The Bertz CT molecular complexity index is 357. The minimum absolute atomic E-state index is 0.0504. The third-order valence-corrected chi connectivity index (χ3v) is 3.37. The first-order valence-electron chi connectivity index (χ1n) is 6.84. The monoisotopic (exact) mass is 345 g/mol. The van der Waals surface area contributed by atoms with Crippen LogP contribution in [-0.4, -0.2) is 39.6 Å². The molecule has 4 nitrogen and oxygen atoms in total. The van der Waals surface area contributed by atoms with Crippen molar-refractivity contribution in [3.8, 4) is 0 Å². The molecule has 0 aliphatic rings. The molecule has 0 saturated heterocycles. The maximum Gasteiger partial charge on any atom is 0.0972 e. The molecule has 114 valence electrons. The molecule has 0 fully saturated rings. The molecule has 5 heteroatoms. The SMILES string of the molecule is COCCOCCCOC(c1ccc(Br)cc1)C(C)N. The lowest BCUT2D eigenvalue weighted by Gasteiger charge is -2.22. The van der Waals surface area contributed by atoms with Gasteiger partial charge in [-0.25, -0.2) is 0 Å². The molecule has 2 N–H and O–H groups in total. The molecule has 1 rings (SSSR count). The van der Waals surface area contributed by atoms with Gasteiger partial charge in [-0.15, -0.1) is 0 Å². The first kappa shape index (κ1) is 17.6. The van der Waals surface area contributed by atoms with Gasteiger partial charge < -0.3 is 19.9 Å². The molecule has 0 aliphatic heterocycles. The van der Waals surface area contributed by atoms with Crippen molar-refractivity contribution < 1.29 is 14.2 Å². The second-order valence-electron chi connectivity index (χ2n) is 4.66. The number of nitrogens with two attached hydrogens (primary N) is 1. The summed E-state index contributed by atoms with van der Waals surface area (Å²) in [6, 6.07) is 8.02. The van der Waals surface area contributed by atoms with Gasteiger partial charge in [-0.3, -0.25) is 0 Å². The van der Waals surface area contributed by atoms with Crippen LogP contribution in [0.25, 0.3) is 0 Å². The van der Waals surface area contributed by atoms with Crippen molar-refractivity contribution in [1.29, 1.82) is 0 Å². The highest BCUT2D eigenvalue weighted by atomic mass is 79.9. The quantitative estimate of drug-likeness (QED) is 0.662. The van der Waals surface area contributed by atoms with Crippen molar-refractivity contribution in [2.24, 2.45) is 5.73 Å². The highest BCUT2D eigenvalue weighted by Gasteiger charge is 2.16. The molecule has 1 aromatic carbocycles. The Morgan fingerprint density at radius 1 is 1.10 bits per heavy atom. The highest BCUT2D eigenvalue weighted by Crippen LogP contribution is 2.22. The van der Waals surface area contributed by atoms with Gasteiger partial charge in [0.1, 0.15) is 0 Å². The van der Waals surface area contributed by atoms with E-state index in [4.69, 9.17) is 19.9 Å². The zero-order chi connectivity index (χ0) is 14.8. The largest absolute Gasteiger partial charge is 0.382 e. The zero-order valence-electron chi connectivity index (χ0n) is 12.2. The maximum absolute atomic E-state index is 6.00. The van der Waals surface area contributed by atoms with Gasteiger partial charge in [0.2, 0.25) is 0 Å². The molecule has 0 radical (unpaired) electrons. The Morgan fingerprint density at radius 2 is 1.80 bits per heavy atom. The van der Waals surface area contributed by atoms with Crippen molar-refractivity contribution in [3.63, 3.8) is 0 Å². The van der Waals surface area contributed by atoms with Gasteiger partial charge in [0.15, 0.2) is 0 Å². The normalized spacial score (nSPS) is 14.2. The molecule has 0 bridgehead atoms. The number of hydrogen-bond donors (Lipinski definition) is 1. The van der Waals surface area contributed by atoms with Crippen LogP contribution < -0.4 is 5.73 Å². The summed E-state index contributed by atoms with van der Waals surface area (Å²) >= 11 is 3.43. The second kappa shape index (κ2) is 10.3. The van der Waals surface area contributed by atoms with Crippen molar-refractivity contribution in [3.05, 3.63) is 34.3 Å². The Hall–Kier alpha value is -0.460. The molecule has 0 aromatic heterocycles. The lowest BCUT2D eigenvalue weighted by molar-refractivity contribution is 0.0143. The van der Waals surface area contributed by atoms with Crippen LogP contribution in [0.5, 0.6) is 0 Å². The van der Waals surface area contributed by atoms with Gasteiger partial charge in [0.05, 0.1) is 19.3 Å². The number of rotatable bonds is 10. The van der Waals surface area contributed by atoms with Crippen molar-refractivity contribution >= 4 is 15.9 Å². The summed E-state index contributed by atoms with van der Waals surface area (Å²) in [5.41, 5.74) is 7.10. The lowest BCUT2D eigenvalue weighted by atomic mass is 10.0. The molecule has 0 heterocycles. The molecule has 0 aliphatic carbocycles. The van der Waals surface area contributed by atoms with Gasteiger partial charge in [-0.05, 0) is 31.0 Å². The third kappa shape index (κ3) is 6.81. The molecular formula is C15H24BrNO3. The summed E-state index contributed by atoms with van der Waals surface area (Å²) in [5, 5.41) is 0. The smallest absolute Gasteiger partial charge is 0.0972 e. The molecule has 0 amide bonds. The van der Waals surface area contributed by atoms with Gasteiger partial charge >= 0.3 is 0 Å². The fraction of sp³-hybridized carbons (Fsp3) is 0.600. The van der Waals surface area contributed by atoms with Crippen LogP contribution in [0, 0.1) is 0 Å². The standard InChI is InChI=1S/C15H24BrNO3/c1-12(17)15(13-4-6-14(16)7-5-13)20-9-3-8-19-11-10-18-2/h4-7,12,15H,3,8-11,17H2,1-2H3.